The lowest BCUT2D eigenvalue weighted by molar-refractivity contribution is -0.118. The molecule has 10 nitrogen and oxygen atoms in total. The van der Waals surface area contributed by atoms with Crippen LogP contribution in [0.25, 0.3) is 11.3 Å². The van der Waals surface area contributed by atoms with E-state index < -0.39 is 34.8 Å². The van der Waals surface area contributed by atoms with Crippen LogP contribution in [-0.2, 0) is 10.3 Å². The van der Waals surface area contributed by atoms with Gasteiger partial charge in [0.05, 0.1) is 40.0 Å². The Bertz CT molecular complexity index is 1840. The molecule has 4 heterocycles. The highest BCUT2D eigenvalue weighted by molar-refractivity contribution is 6.31. The minimum atomic E-state index is -2.97. The van der Waals surface area contributed by atoms with Crippen molar-refractivity contribution in [2.75, 3.05) is 16.8 Å². The minimum absolute atomic E-state index is 0.0604. The molecule has 3 aromatic heterocycles. The number of hydrogen-bond acceptors (Lipinski definition) is 7. The Labute approximate surface area is 254 Å². The molecule has 44 heavy (non-hydrogen) atoms. The Balaban J connectivity index is 1.11. The van der Waals surface area contributed by atoms with Gasteiger partial charge in [-0.2, -0.15) is 5.10 Å². The van der Waals surface area contributed by atoms with Crippen LogP contribution in [0, 0.1) is 31.5 Å². The van der Waals surface area contributed by atoms with Crippen LogP contribution in [0.1, 0.15) is 65.1 Å². The number of alkyl halides is 2. The molecule has 0 spiro atoms. The molecule has 2 atom stereocenters. The Morgan fingerprint density at radius 3 is 2.55 bits per heavy atom. The summed E-state index contributed by atoms with van der Waals surface area (Å²) in [6.07, 6.45) is 6.63. The molecular formula is C30H26ClF3N8O2. The second-order valence-electron chi connectivity index (χ2n) is 11.5. The van der Waals surface area contributed by atoms with Crippen molar-refractivity contribution in [3.8, 4) is 11.3 Å². The summed E-state index contributed by atoms with van der Waals surface area (Å²) in [6.45, 7) is 4.04. The first-order valence-electron chi connectivity index (χ1n) is 14.2. The SMILES string of the molecule is Cc1nc(N2C[C@H]3C[C@H]3C2=O)ncc1C1(n2cc(NC(=O)c3ncc(-c4c(C(F)F)ccc(Cl)c4F)nc3C)cn2)CCC1. The van der Waals surface area contributed by atoms with Gasteiger partial charge in [-0.1, -0.05) is 17.7 Å². The van der Waals surface area contributed by atoms with Gasteiger partial charge in [0.25, 0.3) is 12.3 Å². The number of carbonyl (C=O) groups excluding carboxylic acids is 2. The number of benzene rings is 1. The van der Waals surface area contributed by atoms with Gasteiger partial charge in [-0.15, -0.1) is 0 Å². The lowest BCUT2D eigenvalue weighted by Crippen LogP contribution is -2.43. The molecule has 1 aliphatic heterocycles. The Kier molecular flexibility index (Phi) is 6.68. The maximum Gasteiger partial charge on any atom is 0.276 e. The van der Waals surface area contributed by atoms with Gasteiger partial charge in [0.2, 0.25) is 11.9 Å². The molecule has 3 aliphatic rings. The number of carbonyl (C=O) groups is 2. The maximum atomic E-state index is 14.7. The van der Waals surface area contributed by atoms with Crippen molar-refractivity contribution in [2.24, 2.45) is 11.8 Å². The minimum Gasteiger partial charge on any atom is -0.318 e. The van der Waals surface area contributed by atoms with E-state index >= 15 is 0 Å². The van der Waals surface area contributed by atoms with Crippen LogP contribution >= 0.6 is 11.6 Å². The van der Waals surface area contributed by atoms with Gasteiger partial charge >= 0.3 is 0 Å². The quantitative estimate of drug-likeness (QED) is 0.283. The monoisotopic (exact) mass is 622 g/mol. The fraction of sp³-hybridized carbons (Fsp3) is 0.367. The molecule has 226 valence electrons. The van der Waals surface area contributed by atoms with Gasteiger partial charge in [-0.05, 0) is 51.5 Å². The van der Waals surface area contributed by atoms with E-state index in [1.807, 2.05) is 6.92 Å². The number of fused-ring (bicyclic) bond motifs is 1. The lowest BCUT2D eigenvalue weighted by atomic mass is 9.72. The standard InChI is InChI=1S/C30H26ClF3N8O2/c1-14-20(10-36-29(39-14)41-12-16-8-19(16)28(41)44)30(6-3-7-30)42-13-17(9-37-42)40-27(43)25-15(2)38-22(11-35-25)23-18(26(33)34)4-5-21(31)24(23)32/h4-5,9-11,13,16,19,26H,3,6-8,12H2,1-2H3,(H,40,43)/t16-,19-/m1/s1. The third-order valence-corrected chi connectivity index (χ3v) is 9.16. The van der Waals surface area contributed by atoms with Gasteiger partial charge in [0.15, 0.2) is 5.82 Å². The van der Waals surface area contributed by atoms with E-state index in [1.165, 1.54) is 13.1 Å². The van der Waals surface area contributed by atoms with Gasteiger partial charge in [0, 0.05) is 47.2 Å². The summed E-state index contributed by atoms with van der Waals surface area (Å²) < 4.78 is 43.7. The third kappa shape index (κ3) is 4.52. The van der Waals surface area contributed by atoms with Crippen LogP contribution < -0.4 is 10.2 Å². The summed E-state index contributed by atoms with van der Waals surface area (Å²) in [4.78, 5) is 44.9. The Morgan fingerprint density at radius 2 is 1.91 bits per heavy atom. The normalized spacial score (nSPS) is 20.1. The number of aromatic nitrogens is 6. The topological polar surface area (TPSA) is 119 Å². The number of piperidine rings is 1. The van der Waals surface area contributed by atoms with Crippen LogP contribution in [-0.4, -0.2) is 48.1 Å². The van der Waals surface area contributed by atoms with Crippen molar-refractivity contribution in [1.29, 1.82) is 0 Å². The summed E-state index contributed by atoms with van der Waals surface area (Å²) >= 11 is 5.83. The van der Waals surface area contributed by atoms with E-state index in [9.17, 15) is 22.8 Å². The highest BCUT2D eigenvalue weighted by Gasteiger charge is 2.53. The number of aryl methyl sites for hydroxylation is 2. The Morgan fingerprint density at radius 1 is 1.11 bits per heavy atom. The molecule has 4 aromatic rings. The predicted molar refractivity (Wildman–Crippen MR) is 154 cm³/mol. The first kappa shape index (κ1) is 28.4. The molecule has 7 rings (SSSR count). The molecule has 2 saturated carbocycles. The van der Waals surface area contributed by atoms with Crippen molar-refractivity contribution < 1.29 is 22.8 Å². The highest BCUT2D eigenvalue weighted by Crippen LogP contribution is 2.48. The smallest absolute Gasteiger partial charge is 0.276 e. The Hall–Kier alpha value is -4.39. The molecular weight excluding hydrogens is 597 g/mol. The number of halogens is 4. The summed E-state index contributed by atoms with van der Waals surface area (Å²) in [6, 6.07) is 2.09. The molecule has 2 aliphatic carbocycles. The van der Waals surface area contributed by atoms with E-state index in [1.54, 1.807) is 22.0 Å². The summed E-state index contributed by atoms with van der Waals surface area (Å²) in [5.74, 6) is -0.579. The van der Waals surface area contributed by atoms with Crippen LogP contribution in [0.15, 0.2) is 36.9 Å². The largest absolute Gasteiger partial charge is 0.318 e. The van der Waals surface area contributed by atoms with Gasteiger partial charge in [0.1, 0.15) is 5.69 Å². The maximum absolute atomic E-state index is 14.7. The lowest BCUT2D eigenvalue weighted by Gasteiger charge is -2.42. The van der Waals surface area contributed by atoms with E-state index in [0.717, 1.165) is 55.3 Å². The van der Waals surface area contributed by atoms with E-state index in [0.29, 0.717) is 24.1 Å². The first-order valence-corrected chi connectivity index (χ1v) is 14.6. The van der Waals surface area contributed by atoms with Crippen molar-refractivity contribution in [3.63, 3.8) is 0 Å². The number of rotatable bonds is 7. The zero-order valence-corrected chi connectivity index (χ0v) is 24.4. The van der Waals surface area contributed by atoms with E-state index in [4.69, 9.17) is 11.6 Å². The average molecular weight is 623 g/mol. The summed E-state index contributed by atoms with van der Waals surface area (Å²) in [7, 11) is 0. The third-order valence-electron chi connectivity index (χ3n) is 8.87. The summed E-state index contributed by atoms with van der Waals surface area (Å²) in [5, 5.41) is 6.97. The average Bonchev–Trinajstić information content (AvgIpc) is 3.47. The fourth-order valence-electron chi connectivity index (χ4n) is 6.28. The van der Waals surface area contributed by atoms with Crippen LogP contribution in [0.2, 0.25) is 5.02 Å². The second-order valence-corrected chi connectivity index (χ2v) is 12.0. The van der Waals surface area contributed by atoms with Gasteiger partial charge < -0.3 is 5.32 Å². The zero-order valence-electron chi connectivity index (χ0n) is 23.7. The number of nitrogens with zero attached hydrogens (tertiary/aromatic N) is 7. The van der Waals surface area contributed by atoms with Crippen molar-refractivity contribution in [1.82, 2.24) is 29.7 Å². The van der Waals surface area contributed by atoms with Crippen molar-refractivity contribution in [3.05, 3.63) is 76.0 Å². The number of hydrogen-bond donors (Lipinski definition) is 1. The molecule has 0 bridgehead atoms. The molecule has 14 heteroatoms. The summed E-state index contributed by atoms with van der Waals surface area (Å²) in [5.41, 5.74) is 0.431. The van der Waals surface area contributed by atoms with Crippen molar-refractivity contribution in [2.45, 2.75) is 51.5 Å². The van der Waals surface area contributed by atoms with E-state index in [-0.39, 0.29) is 33.9 Å². The van der Waals surface area contributed by atoms with Crippen LogP contribution in [0.4, 0.5) is 24.8 Å². The number of amides is 2. The number of anilines is 2. The molecule has 3 fully saturated rings. The van der Waals surface area contributed by atoms with Crippen LogP contribution in [0.5, 0.6) is 0 Å². The predicted octanol–water partition coefficient (Wildman–Crippen LogP) is 5.64. The fourth-order valence-corrected chi connectivity index (χ4v) is 6.43. The molecule has 2 amide bonds. The first-order chi connectivity index (χ1) is 21.1. The van der Waals surface area contributed by atoms with Crippen molar-refractivity contribution >= 4 is 35.1 Å². The zero-order chi connectivity index (χ0) is 30.9. The van der Waals surface area contributed by atoms with Gasteiger partial charge in [-0.25, -0.2) is 33.1 Å². The molecule has 1 aromatic carbocycles. The van der Waals surface area contributed by atoms with Crippen LogP contribution in [0.3, 0.4) is 0 Å². The number of nitrogens with one attached hydrogen (secondary N) is 1. The molecule has 0 unspecified atom stereocenters. The molecule has 0 radical (unpaired) electrons. The highest BCUT2D eigenvalue weighted by atomic mass is 35.5. The van der Waals surface area contributed by atoms with Gasteiger partial charge in [-0.3, -0.25) is 19.2 Å². The molecule has 1 N–H and O–H groups in total. The molecule has 1 saturated heterocycles. The second kappa shape index (κ2) is 10.4. The van der Waals surface area contributed by atoms with E-state index in [2.05, 4.69) is 30.4 Å².